The van der Waals surface area contributed by atoms with Crippen LogP contribution in [-0.4, -0.2) is 44.3 Å². The zero-order valence-electron chi connectivity index (χ0n) is 13.2. The van der Waals surface area contributed by atoms with Gasteiger partial charge in [-0.1, -0.05) is 31.2 Å². The molecule has 2 aliphatic rings. The molecule has 3 heteroatoms. The molecule has 2 heterocycles. The molecule has 116 valence electrons. The van der Waals surface area contributed by atoms with E-state index in [1.54, 1.807) is 0 Å². The van der Waals surface area contributed by atoms with E-state index in [4.69, 9.17) is 4.74 Å². The van der Waals surface area contributed by atoms with E-state index < -0.39 is 0 Å². The van der Waals surface area contributed by atoms with Crippen molar-refractivity contribution in [3.8, 4) is 0 Å². The molecule has 2 saturated heterocycles. The molecule has 0 aromatic heterocycles. The van der Waals surface area contributed by atoms with Gasteiger partial charge in [-0.25, -0.2) is 0 Å². The topological polar surface area (TPSA) is 24.5 Å². The lowest BCUT2D eigenvalue weighted by atomic mass is 9.85. The minimum absolute atomic E-state index is 0.571. The van der Waals surface area contributed by atoms with Crippen molar-refractivity contribution in [1.82, 2.24) is 10.2 Å². The number of aryl methyl sites for hydroxylation is 1. The summed E-state index contributed by atoms with van der Waals surface area (Å²) < 4.78 is 5.58. The molecule has 2 aliphatic heterocycles. The molecule has 21 heavy (non-hydrogen) atoms. The molecule has 3 rings (SSSR count). The Kier molecular flexibility index (Phi) is 5.28. The van der Waals surface area contributed by atoms with Crippen molar-refractivity contribution in [2.75, 3.05) is 39.4 Å². The standard InChI is InChI=1S/C18H28N2O/c1-2-15-3-5-16(6-4-15)18(17-7-13-21-14-8-17)20-11-9-19-10-12-20/h3-6,17-19H,2,7-14H2,1H3/t18-/m0/s1. The van der Waals surface area contributed by atoms with Gasteiger partial charge in [-0.15, -0.1) is 0 Å². The van der Waals surface area contributed by atoms with Gasteiger partial charge in [0.2, 0.25) is 0 Å². The molecule has 0 spiro atoms. The van der Waals surface area contributed by atoms with Crippen LogP contribution in [-0.2, 0) is 11.2 Å². The largest absolute Gasteiger partial charge is 0.381 e. The molecular formula is C18H28N2O. The first kappa shape index (κ1) is 15.0. The minimum atomic E-state index is 0.571. The minimum Gasteiger partial charge on any atom is -0.381 e. The summed E-state index contributed by atoms with van der Waals surface area (Å²) in [6, 6.07) is 9.91. The van der Waals surface area contributed by atoms with Gasteiger partial charge in [0.25, 0.3) is 0 Å². The van der Waals surface area contributed by atoms with Crippen molar-refractivity contribution < 1.29 is 4.74 Å². The van der Waals surface area contributed by atoms with Crippen molar-refractivity contribution in [3.05, 3.63) is 35.4 Å². The average Bonchev–Trinajstić information content (AvgIpc) is 2.58. The van der Waals surface area contributed by atoms with Gasteiger partial charge < -0.3 is 10.1 Å². The van der Waals surface area contributed by atoms with Crippen LogP contribution < -0.4 is 5.32 Å². The summed E-state index contributed by atoms with van der Waals surface area (Å²) in [5, 5.41) is 3.48. The smallest absolute Gasteiger partial charge is 0.0469 e. The summed E-state index contributed by atoms with van der Waals surface area (Å²) >= 11 is 0. The maximum atomic E-state index is 5.58. The Labute approximate surface area is 128 Å². The van der Waals surface area contributed by atoms with E-state index in [9.17, 15) is 0 Å². The van der Waals surface area contributed by atoms with E-state index in [0.29, 0.717) is 6.04 Å². The second-order valence-corrected chi connectivity index (χ2v) is 6.28. The number of hydrogen-bond donors (Lipinski definition) is 1. The molecule has 0 bridgehead atoms. The maximum absolute atomic E-state index is 5.58. The average molecular weight is 288 g/mol. The summed E-state index contributed by atoms with van der Waals surface area (Å²) in [4.78, 5) is 2.69. The number of nitrogens with zero attached hydrogens (tertiary/aromatic N) is 1. The number of benzene rings is 1. The van der Waals surface area contributed by atoms with Crippen LogP contribution in [0.2, 0.25) is 0 Å². The van der Waals surface area contributed by atoms with E-state index in [1.165, 1.54) is 24.0 Å². The number of rotatable bonds is 4. The quantitative estimate of drug-likeness (QED) is 0.922. The molecule has 1 N–H and O–H groups in total. The fourth-order valence-electron chi connectivity index (χ4n) is 3.72. The number of ether oxygens (including phenoxy) is 1. The van der Waals surface area contributed by atoms with E-state index in [2.05, 4.69) is 41.4 Å². The lowest BCUT2D eigenvalue weighted by Crippen LogP contribution is -2.47. The Morgan fingerprint density at radius 1 is 1.14 bits per heavy atom. The van der Waals surface area contributed by atoms with Crippen molar-refractivity contribution in [1.29, 1.82) is 0 Å². The Bertz CT molecular complexity index is 401. The van der Waals surface area contributed by atoms with Crippen molar-refractivity contribution >= 4 is 0 Å². The van der Waals surface area contributed by atoms with Crippen LogP contribution in [0.4, 0.5) is 0 Å². The Balaban J connectivity index is 1.82. The summed E-state index contributed by atoms with van der Waals surface area (Å²) in [6.07, 6.45) is 3.52. The van der Waals surface area contributed by atoms with Crippen molar-refractivity contribution in [2.45, 2.75) is 32.2 Å². The third kappa shape index (κ3) is 3.65. The van der Waals surface area contributed by atoms with Gasteiger partial charge in [0, 0.05) is 45.4 Å². The highest BCUT2D eigenvalue weighted by Crippen LogP contribution is 2.35. The normalized spacial score (nSPS) is 23.1. The van der Waals surface area contributed by atoms with Gasteiger partial charge >= 0.3 is 0 Å². The number of hydrogen-bond acceptors (Lipinski definition) is 3. The van der Waals surface area contributed by atoms with Crippen LogP contribution >= 0.6 is 0 Å². The summed E-state index contributed by atoms with van der Waals surface area (Å²) in [5.74, 6) is 0.740. The highest BCUT2D eigenvalue weighted by atomic mass is 16.5. The summed E-state index contributed by atoms with van der Waals surface area (Å²) in [7, 11) is 0. The van der Waals surface area contributed by atoms with Crippen molar-refractivity contribution in [3.63, 3.8) is 0 Å². The first-order valence-corrected chi connectivity index (χ1v) is 8.50. The molecule has 1 aromatic rings. The molecule has 0 saturated carbocycles. The number of nitrogens with one attached hydrogen (secondary N) is 1. The Morgan fingerprint density at radius 2 is 1.81 bits per heavy atom. The van der Waals surface area contributed by atoms with Gasteiger partial charge in [-0.05, 0) is 36.3 Å². The van der Waals surface area contributed by atoms with Crippen LogP contribution in [0.25, 0.3) is 0 Å². The molecule has 0 amide bonds. The van der Waals surface area contributed by atoms with E-state index in [1.807, 2.05) is 0 Å². The predicted octanol–water partition coefficient (Wildman–Crippen LogP) is 2.62. The fraction of sp³-hybridized carbons (Fsp3) is 0.667. The van der Waals surface area contributed by atoms with Crippen molar-refractivity contribution in [2.24, 2.45) is 5.92 Å². The predicted molar refractivity (Wildman–Crippen MR) is 86.5 cm³/mol. The molecule has 2 fully saturated rings. The second-order valence-electron chi connectivity index (χ2n) is 6.28. The monoisotopic (exact) mass is 288 g/mol. The third-order valence-electron chi connectivity index (χ3n) is 4.99. The van der Waals surface area contributed by atoms with Gasteiger partial charge in [0.05, 0.1) is 0 Å². The summed E-state index contributed by atoms with van der Waals surface area (Å²) in [6.45, 7) is 8.65. The SMILES string of the molecule is CCc1ccc([C@@H](C2CCOCC2)N2CCNCC2)cc1. The lowest BCUT2D eigenvalue weighted by Gasteiger charge is -2.41. The highest BCUT2D eigenvalue weighted by molar-refractivity contribution is 5.26. The van der Waals surface area contributed by atoms with Gasteiger partial charge in [-0.3, -0.25) is 4.90 Å². The Morgan fingerprint density at radius 3 is 2.43 bits per heavy atom. The fourth-order valence-corrected chi connectivity index (χ4v) is 3.72. The van der Waals surface area contributed by atoms with Crippen LogP contribution in [0.5, 0.6) is 0 Å². The van der Waals surface area contributed by atoms with Crippen LogP contribution in [0, 0.1) is 5.92 Å². The molecule has 0 unspecified atom stereocenters. The third-order valence-corrected chi connectivity index (χ3v) is 4.99. The van der Waals surface area contributed by atoms with Crippen LogP contribution in [0.15, 0.2) is 24.3 Å². The van der Waals surface area contributed by atoms with Crippen LogP contribution in [0.1, 0.15) is 36.9 Å². The Hall–Kier alpha value is -0.900. The highest BCUT2D eigenvalue weighted by Gasteiger charge is 2.31. The number of piperazine rings is 1. The first-order chi connectivity index (χ1) is 10.4. The van der Waals surface area contributed by atoms with E-state index in [-0.39, 0.29) is 0 Å². The second kappa shape index (κ2) is 7.39. The molecule has 1 atom stereocenters. The van der Waals surface area contributed by atoms with Crippen LogP contribution in [0.3, 0.4) is 0 Å². The van der Waals surface area contributed by atoms with Gasteiger partial charge in [0.15, 0.2) is 0 Å². The maximum Gasteiger partial charge on any atom is 0.0469 e. The molecule has 1 aromatic carbocycles. The zero-order valence-corrected chi connectivity index (χ0v) is 13.2. The van der Waals surface area contributed by atoms with E-state index >= 15 is 0 Å². The molecule has 0 aliphatic carbocycles. The van der Waals surface area contributed by atoms with Gasteiger partial charge in [-0.2, -0.15) is 0 Å². The van der Waals surface area contributed by atoms with Gasteiger partial charge in [0.1, 0.15) is 0 Å². The molecular weight excluding hydrogens is 260 g/mol. The summed E-state index contributed by atoms with van der Waals surface area (Å²) in [5.41, 5.74) is 2.94. The lowest BCUT2D eigenvalue weighted by molar-refractivity contribution is 0.0213. The van der Waals surface area contributed by atoms with E-state index in [0.717, 1.165) is 51.7 Å². The molecule has 3 nitrogen and oxygen atoms in total. The zero-order chi connectivity index (χ0) is 14.5. The molecule has 0 radical (unpaired) electrons. The first-order valence-electron chi connectivity index (χ1n) is 8.50.